The van der Waals surface area contributed by atoms with Gasteiger partial charge in [0.25, 0.3) is 5.91 Å². The van der Waals surface area contributed by atoms with Crippen molar-refractivity contribution in [3.63, 3.8) is 0 Å². The lowest BCUT2D eigenvalue weighted by molar-refractivity contribution is -0.148. The Morgan fingerprint density at radius 1 is 1.06 bits per heavy atom. The number of primary amides is 1. The predicted molar refractivity (Wildman–Crippen MR) is 118 cm³/mol. The van der Waals surface area contributed by atoms with Gasteiger partial charge in [-0.1, -0.05) is 60.7 Å². The van der Waals surface area contributed by atoms with Crippen LogP contribution in [-0.4, -0.2) is 33.8 Å². The molecule has 1 saturated heterocycles. The van der Waals surface area contributed by atoms with Crippen molar-refractivity contribution in [3.8, 4) is 5.75 Å². The standard InChI is InChI=1S/C23H22N2O5S/c1-14(2)18(23(28)29-13-15-9-5-3-6-10-15)25-21(27)17(22(25)31)19(20(24)26)30-16-11-7-4-8-12-16/h3-12,17,19H,13H2,1-2H3,(H2,24,26). The summed E-state index contributed by atoms with van der Waals surface area (Å²) in [5.74, 6) is -2.74. The first-order valence-corrected chi connectivity index (χ1v) is 9.99. The van der Waals surface area contributed by atoms with Gasteiger partial charge in [-0.3, -0.25) is 14.5 Å². The molecule has 8 heteroatoms. The van der Waals surface area contributed by atoms with Crippen LogP contribution in [0.15, 0.2) is 71.9 Å². The minimum atomic E-state index is -1.28. The Balaban J connectivity index is 1.75. The fourth-order valence-corrected chi connectivity index (χ4v) is 3.56. The van der Waals surface area contributed by atoms with Crippen molar-refractivity contribution in [2.45, 2.75) is 26.6 Å². The zero-order valence-electron chi connectivity index (χ0n) is 17.1. The van der Waals surface area contributed by atoms with E-state index in [-0.39, 0.29) is 17.3 Å². The first-order valence-electron chi connectivity index (χ1n) is 9.58. The third-order valence-electron chi connectivity index (χ3n) is 4.67. The van der Waals surface area contributed by atoms with Crippen molar-refractivity contribution in [1.82, 2.24) is 4.90 Å². The highest BCUT2D eigenvalue weighted by Gasteiger charge is 2.53. The number of likely N-dealkylation sites (tertiary alicyclic amines) is 1. The molecule has 1 heterocycles. The summed E-state index contributed by atoms with van der Waals surface area (Å²) in [5, 5.41) is 0. The number of benzene rings is 2. The topological polar surface area (TPSA) is 98.9 Å². The second-order valence-electron chi connectivity index (χ2n) is 7.15. The summed E-state index contributed by atoms with van der Waals surface area (Å²) in [6.45, 7) is 3.40. The number of hydrogen-bond acceptors (Lipinski definition) is 6. The van der Waals surface area contributed by atoms with Crippen molar-refractivity contribution in [2.24, 2.45) is 11.7 Å². The molecule has 1 aliphatic rings. The van der Waals surface area contributed by atoms with E-state index in [0.29, 0.717) is 11.3 Å². The van der Waals surface area contributed by atoms with Gasteiger partial charge in [-0.05, 0) is 37.1 Å². The lowest BCUT2D eigenvalue weighted by Gasteiger charge is -2.42. The summed E-state index contributed by atoms with van der Waals surface area (Å²) in [4.78, 5) is 38.8. The van der Waals surface area contributed by atoms with Gasteiger partial charge in [0.05, 0.1) is 0 Å². The Morgan fingerprint density at radius 3 is 2.16 bits per heavy atom. The number of β-lactam (4-membered cyclic amide) rings is 1. The number of ether oxygens (including phenoxy) is 2. The van der Waals surface area contributed by atoms with Crippen LogP contribution in [0.4, 0.5) is 0 Å². The summed E-state index contributed by atoms with van der Waals surface area (Å²) in [5.41, 5.74) is 6.86. The molecule has 31 heavy (non-hydrogen) atoms. The molecule has 2 aromatic carbocycles. The van der Waals surface area contributed by atoms with Crippen molar-refractivity contribution in [2.75, 3.05) is 0 Å². The van der Waals surface area contributed by atoms with E-state index in [1.54, 1.807) is 44.2 Å². The highest BCUT2D eigenvalue weighted by molar-refractivity contribution is 7.80. The Kier molecular flexibility index (Phi) is 6.81. The van der Waals surface area contributed by atoms with Crippen LogP contribution >= 0.6 is 12.2 Å². The molecule has 160 valence electrons. The van der Waals surface area contributed by atoms with Crippen LogP contribution in [0, 0.1) is 5.92 Å². The molecule has 0 bridgehead atoms. The van der Waals surface area contributed by atoms with E-state index < -0.39 is 29.8 Å². The highest BCUT2D eigenvalue weighted by Crippen LogP contribution is 2.33. The molecule has 0 saturated carbocycles. The quantitative estimate of drug-likeness (QED) is 0.295. The second kappa shape index (κ2) is 9.53. The van der Waals surface area contributed by atoms with Gasteiger partial charge in [-0.15, -0.1) is 0 Å². The number of para-hydroxylation sites is 1. The Bertz CT molecular complexity index is 1020. The second-order valence-corrected chi connectivity index (χ2v) is 7.57. The first kappa shape index (κ1) is 22.2. The van der Waals surface area contributed by atoms with Crippen LogP contribution in [0.5, 0.6) is 5.75 Å². The van der Waals surface area contributed by atoms with Gasteiger partial charge in [0.15, 0.2) is 6.10 Å². The molecule has 2 amide bonds. The molecule has 2 N–H and O–H groups in total. The largest absolute Gasteiger partial charge is 0.479 e. The normalized spacial score (nSPS) is 16.2. The predicted octanol–water partition coefficient (Wildman–Crippen LogP) is 2.74. The minimum Gasteiger partial charge on any atom is -0.479 e. The third-order valence-corrected chi connectivity index (χ3v) is 5.10. The number of allylic oxidation sites excluding steroid dienone is 1. The average Bonchev–Trinajstić information content (AvgIpc) is 2.76. The number of amides is 2. The van der Waals surface area contributed by atoms with Crippen molar-refractivity contribution in [3.05, 3.63) is 77.5 Å². The first-order chi connectivity index (χ1) is 14.8. The lowest BCUT2D eigenvalue weighted by atomic mass is 9.90. The maximum atomic E-state index is 12.9. The van der Waals surface area contributed by atoms with Crippen molar-refractivity contribution < 1.29 is 23.9 Å². The number of thiocarbonyl (C=S) groups is 1. The van der Waals surface area contributed by atoms with E-state index in [0.717, 1.165) is 10.5 Å². The van der Waals surface area contributed by atoms with E-state index in [4.69, 9.17) is 27.4 Å². The molecule has 3 rings (SSSR count). The SMILES string of the molecule is CC(C)=C(C(=O)OCc1ccccc1)N1C(=O)C(C(Oc2ccccc2)C(N)=O)C1=S. The number of esters is 1. The number of rotatable bonds is 8. The monoisotopic (exact) mass is 438 g/mol. The smallest absolute Gasteiger partial charge is 0.355 e. The molecular formula is C23H22N2O5S. The molecule has 1 aliphatic heterocycles. The molecule has 1 fully saturated rings. The maximum absolute atomic E-state index is 12.9. The van der Waals surface area contributed by atoms with Crippen LogP contribution in [0.3, 0.4) is 0 Å². The number of hydrogen-bond donors (Lipinski definition) is 1. The Labute approximate surface area is 185 Å². The van der Waals surface area contributed by atoms with Crippen molar-refractivity contribution in [1.29, 1.82) is 0 Å². The van der Waals surface area contributed by atoms with E-state index >= 15 is 0 Å². The fraction of sp³-hybridized carbons (Fsp3) is 0.217. The van der Waals surface area contributed by atoms with E-state index in [1.165, 1.54) is 0 Å². The van der Waals surface area contributed by atoms with E-state index in [2.05, 4.69) is 0 Å². The summed E-state index contributed by atoms with van der Waals surface area (Å²) in [7, 11) is 0. The van der Waals surface area contributed by atoms with Gasteiger partial charge >= 0.3 is 5.97 Å². The summed E-state index contributed by atoms with van der Waals surface area (Å²) >= 11 is 5.38. The highest BCUT2D eigenvalue weighted by atomic mass is 32.1. The maximum Gasteiger partial charge on any atom is 0.355 e. The van der Waals surface area contributed by atoms with Gasteiger partial charge in [0.1, 0.15) is 29.0 Å². The van der Waals surface area contributed by atoms with E-state index in [9.17, 15) is 14.4 Å². The summed E-state index contributed by atoms with van der Waals surface area (Å²) in [6.07, 6.45) is -1.28. The van der Waals surface area contributed by atoms with Crippen LogP contribution < -0.4 is 10.5 Å². The average molecular weight is 439 g/mol. The molecule has 0 aromatic heterocycles. The van der Waals surface area contributed by atoms with Gasteiger partial charge in [-0.25, -0.2) is 4.79 Å². The molecular weight excluding hydrogens is 416 g/mol. The minimum absolute atomic E-state index is 0.0325. The van der Waals surface area contributed by atoms with E-state index in [1.807, 2.05) is 30.3 Å². The molecule has 2 unspecified atom stereocenters. The molecule has 2 atom stereocenters. The molecule has 2 aromatic rings. The Hall–Kier alpha value is -3.52. The molecule has 0 radical (unpaired) electrons. The number of nitrogens with two attached hydrogens (primary N) is 1. The number of carbonyl (C=O) groups excluding carboxylic acids is 3. The Morgan fingerprint density at radius 2 is 1.65 bits per heavy atom. The van der Waals surface area contributed by atoms with Gasteiger partial charge in [-0.2, -0.15) is 0 Å². The lowest BCUT2D eigenvalue weighted by Crippen LogP contribution is -2.64. The fourth-order valence-electron chi connectivity index (χ4n) is 3.15. The number of carbonyl (C=O) groups is 3. The van der Waals surface area contributed by atoms with Gasteiger partial charge < -0.3 is 15.2 Å². The zero-order valence-corrected chi connectivity index (χ0v) is 17.9. The van der Waals surface area contributed by atoms with Gasteiger partial charge in [0.2, 0.25) is 5.91 Å². The molecule has 0 aliphatic carbocycles. The molecule has 0 spiro atoms. The van der Waals surface area contributed by atoms with Crippen LogP contribution in [-0.2, 0) is 25.7 Å². The molecule has 7 nitrogen and oxygen atoms in total. The van der Waals surface area contributed by atoms with Crippen LogP contribution in [0.25, 0.3) is 0 Å². The van der Waals surface area contributed by atoms with Crippen LogP contribution in [0.2, 0.25) is 0 Å². The third kappa shape index (κ3) is 4.80. The number of nitrogens with zero attached hydrogens (tertiary/aromatic N) is 1. The zero-order chi connectivity index (χ0) is 22.5. The van der Waals surface area contributed by atoms with Crippen molar-refractivity contribution >= 4 is 35.0 Å². The van der Waals surface area contributed by atoms with Gasteiger partial charge in [0, 0.05) is 0 Å². The van der Waals surface area contributed by atoms with Crippen LogP contribution in [0.1, 0.15) is 19.4 Å². The summed E-state index contributed by atoms with van der Waals surface area (Å²) < 4.78 is 11.0. The summed E-state index contributed by atoms with van der Waals surface area (Å²) in [6, 6.07) is 17.7.